The summed E-state index contributed by atoms with van der Waals surface area (Å²) in [7, 11) is -3.29. The predicted molar refractivity (Wildman–Crippen MR) is 126 cm³/mol. The maximum absolute atomic E-state index is 12.4. The Bertz CT molecular complexity index is 1150. The lowest BCUT2D eigenvalue weighted by atomic mass is 9.98. The van der Waals surface area contributed by atoms with Gasteiger partial charge in [-0.1, -0.05) is 42.5 Å². The third kappa shape index (κ3) is 5.86. The fraction of sp³-hybridized carbons (Fsp3) is 0.304. The van der Waals surface area contributed by atoms with Gasteiger partial charge in [0.1, 0.15) is 6.61 Å². The van der Waals surface area contributed by atoms with Gasteiger partial charge < -0.3 is 9.64 Å². The molecule has 2 aromatic carbocycles. The van der Waals surface area contributed by atoms with Crippen LogP contribution in [-0.4, -0.2) is 43.7 Å². The van der Waals surface area contributed by atoms with Crippen LogP contribution < -0.4 is 4.72 Å². The van der Waals surface area contributed by atoms with E-state index in [2.05, 4.69) is 4.72 Å². The highest BCUT2D eigenvalue weighted by molar-refractivity contribution is 7.92. The molecule has 7 nitrogen and oxygen atoms in total. The first kappa shape index (κ1) is 22.3. The number of likely N-dealkylation sites (tertiary alicyclic amines) is 1. The number of carbonyl (C=O) groups is 1. The van der Waals surface area contributed by atoms with E-state index < -0.39 is 10.0 Å². The van der Waals surface area contributed by atoms with Crippen LogP contribution >= 0.6 is 11.3 Å². The number of ether oxygens (including phenoxy) is 1. The van der Waals surface area contributed by atoms with E-state index in [4.69, 9.17) is 9.72 Å². The highest BCUT2D eigenvalue weighted by atomic mass is 32.2. The maximum Gasteiger partial charge on any atom is 0.410 e. The maximum atomic E-state index is 12.4. The van der Waals surface area contributed by atoms with Crippen molar-refractivity contribution in [3.8, 4) is 11.3 Å². The molecular weight excluding hydrogens is 446 g/mol. The summed E-state index contributed by atoms with van der Waals surface area (Å²) in [5.41, 5.74) is 3.32. The Labute approximate surface area is 192 Å². The molecule has 1 N–H and O–H groups in total. The third-order valence-corrected chi connectivity index (χ3v) is 6.93. The Morgan fingerprint density at radius 3 is 2.47 bits per heavy atom. The number of nitrogens with zero attached hydrogens (tertiary/aromatic N) is 2. The van der Waals surface area contributed by atoms with Crippen LogP contribution in [0.2, 0.25) is 0 Å². The van der Waals surface area contributed by atoms with Gasteiger partial charge in [0.15, 0.2) is 0 Å². The van der Waals surface area contributed by atoms with Crippen LogP contribution in [0.25, 0.3) is 11.3 Å². The Kier molecular flexibility index (Phi) is 6.76. The highest BCUT2D eigenvalue weighted by Crippen LogP contribution is 2.33. The van der Waals surface area contributed by atoms with Crippen molar-refractivity contribution in [2.24, 2.45) is 0 Å². The van der Waals surface area contributed by atoms with Gasteiger partial charge in [-0.05, 0) is 30.5 Å². The molecule has 0 spiro atoms. The number of sulfonamides is 1. The van der Waals surface area contributed by atoms with E-state index in [-0.39, 0.29) is 12.7 Å². The normalized spacial score (nSPS) is 14.8. The predicted octanol–water partition coefficient (Wildman–Crippen LogP) is 4.70. The Balaban J connectivity index is 1.30. The molecule has 2 heterocycles. The molecule has 9 heteroatoms. The largest absolute Gasteiger partial charge is 0.445 e. The Morgan fingerprint density at radius 2 is 1.81 bits per heavy atom. The van der Waals surface area contributed by atoms with Crippen LogP contribution in [0, 0.1) is 0 Å². The highest BCUT2D eigenvalue weighted by Gasteiger charge is 2.26. The summed E-state index contributed by atoms with van der Waals surface area (Å²) in [6.45, 7) is 1.59. The van der Waals surface area contributed by atoms with Gasteiger partial charge in [0.05, 0.1) is 17.0 Å². The van der Waals surface area contributed by atoms with E-state index in [1.54, 1.807) is 28.4 Å². The minimum Gasteiger partial charge on any atom is -0.445 e. The van der Waals surface area contributed by atoms with Crippen LogP contribution in [0.15, 0.2) is 60.0 Å². The SMILES string of the molecule is CS(=O)(=O)Nc1ccc(-c2csc(C3CCN(C(=O)OCc4ccccc4)CC3)n2)cc1. The fourth-order valence-corrected chi connectivity index (χ4v) is 5.22. The van der Waals surface area contributed by atoms with Gasteiger partial charge in [0.25, 0.3) is 0 Å². The molecule has 1 saturated heterocycles. The first-order valence-corrected chi connectivity index (χ1v) is 13.1. The molecule has 1 aromatic heterocycles. The molecule has 4 rings (SSSR count). The summed E-state index contributed by atoms with van der Waals surface area (Å²) in [4.78, 5) is 18.9. The number of amides is 1. The van der Waals surface area contributed by atoms with Gasteiger partial charge in [-0.2, -0.15) is 0 Å². The molecule has 0 bridgehead atoms. The quantitative estimate of drug-likeness (QED) is 0.563. The zero-order chi connectivity index (χ0) is 22.6. The monoisotopic (exact) mass is 471 g/mol. The number of carbonyl (C=O) groups excluding carboxylic acids is 1. The topological polar surface area (TPSA) is 88.6 Å². The van der Waals surface area contributed by atoms with Crippen molar-refractivity contribution < 1.29 is 17.9 Å². The van der Waals surface area contributed by atoms with Crippen LogP contribution in [0.3, 0.4) is 0 Å². The van der Waals surface area contributed by atoms with E-state index in [1.807, 2.05) is 47.8 Å². The van der Waals surface area contributed by atoms with Crippen LogP contribution in [-0.2, 0) is 21.4 Å². The van der Waals surface area contributed by atoms with E-state index in [0.29, 0.717) is 24.7 Å². The van der Waals surface area contributed by atoms with Crippen molar-refractivity contribution >= 4 is 33.1 Å². The number of aromatic nitrogens is 1. The van der Waals surface area contributed by atoms with Gasteiger partial charge in [0.2, 0.25) is 10.0 Å². The number of hydrogen-bond acceptors (Lipinski definition) is 6. The molecule has 1 aliphatic rings. The third-order valence-electron chi connectivity index (χ3n) is 5.31. The molecule has 0 radical (unpaired) electrons. The van der Waals surface area contributed by atoms with Crippen molar-refractivity contribution in [1.29, 1.82) is 0 Å². The standard InChI is InChI=1S/C23H25N3O4S2/c1-32(28,29)25-20-9-7-18(8-10-20)21-16-31-22(24-21)19-11-13-26(14-12-19)23(27)30-15-17-5-3-2-4-6-17/h2-10,16,19,25H,11-15H2,1H3. The summed E-state index contributed by atoms with van der Waals surface area (Å²) < 4.78 is 30.6. The average molecular weight is 472 g/mol. The zero-order valence-electron chi connectivity index (χ0n) is 17.7. The van der Waals surface area contributed by atoms with E-state index in [9.17, 15) is 13.2 Å². The number of anilines is 1. The summed E-state index contributed by atoms with van der Waals surface area (Å²) in [5.74, 6) is 0.318. The molecule has 1 aliphatic heterocycles. The van der Waals surface area contributed by atoms with Gasteiger partial charge >= 0.3 is 6.09 Å². The second-order valence-corrected chi connectivity index (χ2v) is 10.5. The molecule has 1 amide bonds. The van der Waals surface area contributed by atoms with Gasteiger partial charge in [-0.15, -0.1) is 11.3 Å². The minimum atomic E-state index is -3.29. The fourth-order valence-electron chi connectivity index (χ4n) is 3.65. The lowest BCUT2D eigenvalue weighted by Crippen LogP contribution is -2.38. The number of rotatable bonds is 6. The minimum absolute atomic E-state index is 0.269. The van der Waals surface area contributed by atoms with Gasteiger partial charge in [-0.3, -0.25) is 4.72 Å². The van der Waals surface area contributed by atoms with E-state index in [0.717, 1.165) is 40.9 Å². The number of hydrogen-bond donors (Lipinski definition) is 1. The number of nitrogens with one attached hydrogen (secondary N) is 1. The molecule has 32 heavy (non-hydrogen) atoms. The lowest BCUT2D eigenvalue weighted by molar-refractivity contribution is 0.0870. The number of piperidine rings is 1. The Morgan fingerprint density at radius 1 is 1.12 bits per heavy atom. The second-order valence-electron chi connectivity index (χ2n) is 7.82. The van der Waals surface area contributed by atoms with Crippen molar-refractivity contribution in [3.63, 3.8) is 0 Å². The summed E-state index contributed by atoms with van der Waals surface area (Å²) in [6.07, 6.45) is 2.56. The Hall–Kier alpha value is -2.91. The molecule has 3 aromatic rings. The van der Waals surface area contributed by atoms with E-state index >= 15 is 0 Å². The van der Waals surface area contributed by atoms with Crippen molar-refractivity contribution in [2.75, 3.05) is 24.1 Å². The van der Waals surface area contributed by atoms with Crippen molar-refractivity contribution in [1.82, 2.24) is 9.88 Å². The summed E-state index contributed by atoms with van der Waals surface area (Å²) >= 11 is 1.62. The number of thiazole rings is 1. The first-order chi connectivity index (χ1) is 15.4. The molecule has 0 saturated carbocycles. The number of benzene rings is 2. The first-order valence-electron chi connectivity index (χ1n) is 10.4. The summed E-state index contributed by atoms with van der Waals surface area (Å²) in [5, 5.41) is 3.09. The molecular formula is C23H25N3O4S2. The average Bonchev–Trinajstić information content (AvgIpc) is 3.28. The lowest BCUT2D eigenvalue weighted by Gasteiger charge is -2.30. The van der Waals surface area contributed by atoms with Crippen molar-refractivity contribution in [3.05, 3.63) is 70.5 Å². The molecule has 1 fully saturated rings. The molecule has 0 aliphatic carbocycles. The van der Waals surface area contributed by atoms with Crippen molar-refractivity contribution in [2.45, 2.75) is 25.4 Å². The van der Waals surface area contributed by atoms with Gasteiger partial charge in [0, 0.05) is 35.6 Å². The van der Waals surface area contributed by atoms with Gasteiger partial charge in [-0.25, -0.2) is 18.2 Å². The van der Waals surface area contributed by atoms with E-state index in [1.165, 1.54) is 0 Å². The molecule has 0 atom stereocenters. The second kappa shape index (κ2) is 9.70. The van der Waals surface area contributed by atoms with Crippen LogP contribution in [0.1, 0.15) is 29.3 Å². The smallest absolute Gasteiger partial charge is 0.410 e. The molecule has 168 valence electrons. The summed E-state index contributed by atoms with van der Waals surface area (Å²) in [6, 6.07) is 16.9. The zero-order valence-corrected chi connectivity index (χ0v) is 19.4. The van der Waals surface area contributed by atoms with Crippen LogP contribution in [0.5, 0.6) is 0 Å². The van der Waals surface area contributed by atoms with Crippen LogP contribution in [0.4, 0.5) is 10.5 Å². The molecule has 0 unspecified atom stereocenters.